The molecule has 138 valence electrons. The highest BCUT2D eigenvalue weighted by molar-refractivity contribution is 5.83. The van der Waals surface area contributed by atoms with E-state index in [9.17, 15) is 9.59 Å². The topological polar surface area (TPSA) is 90.0 Å². The van der Waals surface area contributed by atoms with Gasteiger partial charge in [0.15, 0.2) is 0 Å². The van der Waals surface area contributed by atoms with Crippen molar-refractivity contribution in [2.24, 2.45) is 11.1 Å². The minimum absolute atomic E-state index is 0.0388. The van der Waals surface area contributed by atoms with Gasteiger partial charge >= 0.3 is 0 Å². The van der Waals surface area contributed by atoms with Gasteiger partial charge in [0.1, 0.15) is 0 Å². The van der Waals surface area contributed by atoms with Gasteiger partial charge in [-0.25, -0.2) is 4.68 Å². The van der Waals surface area contributed by atoms with Crippen LogP contribution >= 0.6 is 0 Å². The van der Waals surface area contributed by atoms with Crippen molar-refractivity contribution in [2.45, 2.75) is 52.5 Å². The first-order chi connectivity index (χ1) is 12.2. The van der Waals surface area contributed by atoms with Gasteiger partial charge in [-0.15, -0.1) is 0 Å². The number of amides is 2. The number of rotatable bonds is 5. The first kappa shape index (κ1) is 18.2. The SMILES string of the molecule is Cc1ccc(-n2ncc3c2CC(C)(C)CC3NC(=O)CCC(N)=O)cc1. The van der Waals surface area contributed by atoms with Crippen molar-refractivity contribution in [3.8, 4) is 5.69 Å². The number of hydrogen-bond acceptors (Lipinski definition) is 3. The molecule has 2 aromatic rings. The monoisotopic (exact) mass is 354 g/mol. The highest BCUT2D eigenvalue weighted by Crippen LogP contribution is 2.41. The Kier molecular flexibility index (Phi) is 4.85. The van der Waals surface area contributed by atoms with Gasteiger partial charge in [-0.1, -0.05) is 31.5 Å². The molecule has 1 heterocycles. The van der Waals surface area contributed by atoms with Crippen molar-refractivity contribution >= 4 is 11.8 Å². The third-order valence-electron chi connectivity index (χ3n) is 4.89. The first-order valence-corrected chi connectivity index (χ1v) is 8.97. The van der Waals surface area contributed by atoms with E-state index in [2.05, 4.69) is 55.5 Å². The number of carbonyl (C=O) groups is 2. The molecule has 3 N–H and O–H groups in total. The molecule has 0 radical (unpaired) electrons. The third-order valence-corrected chi connectivity index (χ3v) is 4.89. The molecule has 1 aromatic carbocycles. The number of fused-ring (bicyclic) bond motifs is 1. The van der Waals surface area contributed by atoms with Crippen LogP contribution in [0.25, 0.3) is 5.69 Å². The van der Waals surface area contributed by atoms with Gasteiger partial charge < -0.3 is 11.1 Å². The molecule has 1 atom stereocenters. The van der Waals surface area contributed by atoms with Gasteiger partial charge in [0.2, 0.25) is 11.8 Å². The van der Waals surface area contributed by atoms with Crippen molar-refractivity contribution in [1.29, 1.82) is 0 Å². The van der Waals surface area contributed by atoms with E-state index >= 15 is 0 Å². The zero-order valence-electron chi connectivity index (χ0n) is 15.6. The van der Waals surface area contributed by atoms with Crippen LogP contribution in [0.15, 0.2) is 30.5 Å². The van der Waals surface area contributed by atoms with Crippen LogP contribution in [0.2, 0.25) is 0 Å². The molecule has 0 spiro atoms. The number of benzene rings is 1. The summed E-state index contributed by atoms with van der Waals surface area (Å²) in [7, 11) is 0. The van der Waals surface area contributed by atoms with Crippen molar-refractivity contribution in [1.82, 2.24) is 15.1 Å². The van der Waals surface area contributed by atoms with Crippen LogP contribution in [0.3, 0.4) is 0 Å². The molecule has 1 aliphatic rings. The van der Waals surface area contributed by atoms with Gasteiger partial charge in [0.25, 0.3) is 0 Å². The lowest BCUT2D eigenvalue weighted by molar-refractivity contribution is -0.125. The Balaban J connectivity index is 1.88. The Morgan fingerprint density at radius 1 is 1.27 bits per heavy atom. The van der Waals surface area contributed by atoms with Crippen molar-refractivity contribution in [3.63, 3.8) is 0 Å². The first-order valence-electron chi connectivity index (χ1n) is 8.97. The summed E-state index contributed by atoms with van der Waals surface area (Å²) in [5.41, 5.74) is 9.59. The van der Waals surface area contributed by atoms with Gasteiger partial charge in [-0.3, -0.25) is 9.59 Å². The molecule has 3 rings (SSSR count). The molecule has 2 amide bonds. The standard InChI is InChI=1S/C20H26N4O2/c1-13-4-6-14(7-5-13)24-17-11-20(2,3)10-16(15(17)12-22-24)23-19(26)9-8-18(21)25/h4-7,12,16H,8-11H2,1-3H3,(H2,21,25)(H,23,26). The molecule has 1 aliphatic carbocycles. The van der Waals surface area contributed by atoms with Crippen LogP contribution in [-0.4, -0.2) is 21.6 Å². The number of nitrogens with two attached hydrogens (primary N) is 1. The van der Waals surface area contributed by atoms with Crippen molar-refractivity contribution in [3.05, 3.63) is 47.3 Å². The largest absolute Gasteiger partial charge is 0.370 e. The summed E-state index contributed by atoms with van der Waals surface area (Å²) >= 11 is 0. The Hall–Kier alpha value is -2.63. The quantitative estimate of drug-likeness (QED) is 0.865. The molecular weight excluding hydrogens is 328 g/mol. The molecule has 6 heteroatoms. The maximum Gasteiger partial charge on any atom is 0.220 e. The van der Waals surface area contributed by atoms with Crippen molar-refractivity contribution in [2.75, 3.05) is 0 Å². The predicted molar refractivity (Wildman–Crippen MR) is 99.7 cm³/mol. The van der Waals surface area contributed by atoms with Gasteiger partial charge in [0, 0.05) is 18.4 Å². The Labute approximate surface area is 153 Å². The van der Waals surface area contributed by atoms with Crippen LogP contribution in [-0.2, 0) is 16.0 Å². The second-order valence-electron chi connectivity index (χ2n) is 7.93. The minimum atomic E-state index is -0.461. The molecule has 26 heavy (non-hydrogen) atoms. The molecule has 0 saturated heterocycles. The fraction of sp³-hybridized carbons (Fsp3) is 0.450. The van der Waals surface area contributed by atoms with Crippen LogP contribution in [0.4, 0.5) is 0 Å². The van der Waals surface area contributed by atoms with Crippen LogP contribution in [0, 0.1) is 12.3 Å². The highest BCUT2D eigenvalue weighted by atomic mass is 16.2. The second kappa shape index (κ2) is 6.94. The van der Waals surface area contributed by atoms with E-state index in [0.29, 0.717) is 0 Å². The van der Waals surface area contributed by atoms with Crippen molar-refractivity contribution < 1.29 is 9.59 Å². The van der Waals surface area contributed by atoms with Crippen LogP contribution < -0.4 is 11.1 Å². The summed E-state index contributed by atoms with van der Waals surface area (Å²) in [6.07, 6.45) is 3.76. The summed E-state index contributed by atoms with van der Waals surface area (Å²) < 4.78 is 1.97. The second-order valence-corrected chi connectivity index (χ2v) is 7.93. The van der Waals surface area contributed by atoms with E-state index in [-0.39, 0.29) is 30.2 Å². The van der Waals surface area contributed by atoms with Gasteiger partial charge in [-0.05, 0) is 37.3 Å². The van der Waals surface area contributed by atoms with E-state index in [1.54, 1.807) is 0 Å². The zero-order valence-corrected chi connectivity index (χ0v) is 15.6. The van der Waals surface area contributed by atoms with E-state index < -0.39 is 5.91 Å². The number of nitrogens with zero attached hydrogens (tertiary/aromatic N) is 2. The molecule has 0 aliphatic heterocycles. The fourth-order valence-electron chi connectivity index (χ4n) is 3.58. The molecule has 0 bridgehead atoms. The van der Waals surface area contributed by atoms with Gasteiger partial charge in [0.05, 0.1) is 23.6 Å². The molecule has 6 nitrogen and oxygen atoms in total. The summed E-state index contributed by atoms with van der Waals surface area (Å²) in [4.78, 5) is 23.1. The highest BCUT2D eigenvalue weighted by Gasteiger charge is 2.35. The molecule has 0 saturated carbocycles. The van der Waals surface area contributed by atoms with Gasteiger partial charge in [-0.2, -0.15) is 5.10 Å². The smallest absolute Gasteiger partial charge is 0.220 e. The Bertz CT molecular complexity index is 821. The fourth-order valence-corrected chi connectivity index (χ4v) is 3.58. The lowest BCUT2D eigenvalue weighted by atomic mass is 9.74. The Morgan fingerprint density at radius 2 is 1.96 bits per heavy atom. The lowest BCUT2D eigenvalue weighted by Gasteiger charge is -2.36. The van der Waals surface area contributed by atoms with Crippen LogP contribution in [0.1, 0.15) is 56.0 Å². The summed E-state index contributed by atoms with van der Waals surface area (Å²) in [6.45, 7) is 6.46. The lowest BCUT2D eigenvalue weighted by Crippen LogP contribution is -2.37. The number of carbonyl (C=O) groups excluding carboxylic acids is 2. The van der Waals surface area contributed by atoms with E-state index in [1.807, 2.05) is 10.9 Å². The maximum absolute atomic E-state index is 12.2. The van der Waals surface area contributed by atoms with E-state index in [0.717, 1.165) is 29.8 Å². The zero-order chi connectivity index (χ0) is 18.9. The molecule has 1 unspecified atom stereocenters. The molecule has 1 aromatic heterocycles. The average Bonchev–Trinajstić information content (AvgIpc) is 2.96. The number of nitrogens with one attached hydrogen (secondary N) is 1. The summed E-state index contributed by atoms with van der Waals surface area (Å²) in [6, 6.07) is 8.16. The van der Waals surface area contributed by atoms with E-state index in [4.69, 9.17) is 5.73 Å². The number of aromatic nitrogens is 2. The maximum atomic E-state index is 12.2. The number of primary amides is 1. The number of hydrogen-bond donors (Lipinski definition) is 2. The molecular formula is C20H26N4O2. The molecule has 0 fully saturated rings. The van der Waals surface area contributed by atoms with Crippen LogP contribution in [0.5, 0.6) is 0 Å². The third kappa shape index (κ3) is 3.95. The minimum Gasteiger partial charge on any atom is -0.370 e. The normalized spacial score (nSPS) is 18.2. The average molecular weight is 354 g/mol. The predicted octanol–water partition coefficient (Wildman–Crippen LogP) is 2.58. The Morgan fingerprint density at radius 3 is 2.62 bits per heavy atom. The number of aryl methyl sites for hydroxylation is 1. The summed E-state index contributed by atoms with van der Waals surface area (Å²) in [5.74, 6) is -0.613. The van der Waals surface area contributed by atoms with E-state index in [1.165, 1.54) is 5.56 Å². The summed E-state index contributed by atoms with van der Waals surface area (Å²) in [5, 5.41) is 7.65.